The number of hydrogen-bond acceptors (Lipinski definition) is 4. The Kier molecular flexibility index (Phi) is 6.37. The van der Waals surface area contributed by atoms with E-state index in [0.717, 1.165) is 0 Å². The molecule has 0 bridgehead atoms. The molecule has 0 amide bonds. The van der Waals surface area contributed by atoms with Gasteiger partial charge in [-0.2, -0.15) is 0 Å². The molecule has 5 heteroatoms. The Morgan fingerprint density at radius 2 is 1.67 bits per heavy atom. The molecule has 0 fully saturated rings. The van der Waals surface area contributed by atoms with E-state index in [9.17, 15) is 4.57 Å². The lowest BCUT2D eigenvalue weighted by Gasteiger charge is -2.32. The highest BCUT2D eigenvalue weighted by Crippen LogP contribution is 2.60. The van der Waals surface area contributed by atoms with Crippen molar-refractivity contribution in [3.05, 3.63) is 12.7 Å². The Morgan fingerprint density at radius 1 is 1.20 bits per heavy atom. The van der Waals surface area contributed by atoms with Gasteiger partial charge >= 0.3 is 7.60 Å². The first-order chi connectivity index (χ1) is 6.99. The summed E-state index contributed by atoms with van der Waals surface area (Å²) >= 11 is 0. The normalized spacial score (nSPS) is 16.0. The zero-order chi connectivity index (χ0) is 11.9. The van der Waals surface area contributed by atoms with Crippen molar-refractivity contribution < 1.29 is 18.3 Å². The molecule has 1 unspecified atom stereocenters. The Hall–Kier alpha value is -0.150. The van der Waals surface area contributed by atoms with Gasteiger partial charge in [0.25, 0.3) is 0 Å². The van der Waals surface area contributed by atoms with E-state index in [4.69, 9.17) is 13.8 Å². The molecule has 90 valence electrons. The first-order valence-corrected chi connectivity index (χ1v) is 6.70. The van der Waals surface area contributed by atoms with Crippen molar-refractivity contribution in [2.24, 2.45) is 0 Å². The van der Waals surface area contributed by atoms with Crippen molar-refractivity contribution >= 4 is 7.60 Å². The van der Waals surface area contributed by atoms with E-state index in [1.165, 1.54) is 6.08 Å². The molecule has 15 heavy (non-hydrogen) atoms. The van der Waals surface area contributed by atoms with Gasteiger partial charge in [0, 0.05) is 6.61 Å². The van der Waals surface area contributed by atoms with Crippen LogP contribution in [0.25, 0.3) is 0 Å². The van der Waals surface area contributed by atoms with Crippen LogP contribution in [0.3, 0.4) is 0 Å². The highest BCUT2D eigenvalue weighted by molar-refractivity contribution is 7.55. The van der Waals surface area contributed by atoms with Crippen molar-refractivity contribution in [2.45, 2.75) is 33.0 Å². The van der Waals surface area contributed by atoms with Gasteiger partial charge in [0.2, 0.25) is 0 Å². The molecule has 0 heterocycles. The van der Waals surface area contributed by atoms with Gasteiger partial charge in [-0.15, -0.1) is 0 Å². The van der Waals surface area contributed by atoms with Crippen LogP contribution in [-0.2, 0) is 18.3 Å². The number of hydrogen-bond donors (Lipinski definition) is 0. The predicted molar refractivity (Wildman–Crippen MR) is 61.1 cm³/mol. The Morgan fingerprint density at radius 3 is 1.93 bits per heavy atom. The van der Waals surface area contributed by atoms with Crippen LogP contribution in [0.2, 0.25) is 0 Å². The second kappa shape index (κ2) is 6.44. The van der Waals surface area contributed by atoms with Crippen molar-refractivity contribution in [1.82, 2.24) is 0 Å². The van der Waals surface area contributed by atoms with Crippen LogP contribution in [0.4, 0.5) is 0 Å². The molecule has 0 radical (unpaired) electrons. The molecular formula is C10H21O4P. The van der Waals surface area contributed by atoms with E-state index in [-0.39, 0.29) is 0 Å². The van der Waals surface area contributed by atoms with Crippen LogP contribution in [0.5, 0.6) is 0 Å². The monoisotopic (exact) mass is 236 g/mol. The van der Waals surface area contributed by atoms with Gasteiger partial charge in [-0.25, -0.2) is 0 Å². The Bertz CT molecular complexity index is 232. The topological polar surface area (TPSA) is 44.8 Å². The molecule has 4 nitrogen and oxygen atoms in total. The SMILES string of the molecule is C=CC(C)(OCC)P(=O)(OCC)OCC. The van der Waals surface area contributed by atoms with Crippen molar-refractivity contribution in [3.8, 4) is 0 Å². The lowest BCUT2D eigenvalue weighted by molar-refractivity contribution is 0.0402. The molecule has 0 aromatic rings. The summed E-state index contributed by atoms with van der Waals surface area (Å²) in [4.78, 5) is 0. The zero-order valence-electron chi connectivity index (χ0n) is 9.99. The first-order valence-electron chi connectivity index (χ1n) is 5.16. The van der Waals surface area contributed by atoms with Gasteiger partial charge in [-0.3, -0.25) is 4.57 Å². The third-order valence-electron chi connectivity index (χ3n) is 1.96. The highest BCUT2D eigenvalue weighted by atomic mass is 31.2. The third-order valence-corrected chi connectivity index (χ3v) is 4.55. The molecule has 0 aliphatic rings. The maximum absolute atomic E-state index is 12.4. The number of ether oxygens (including phenoxy) is 1. The highest BCUT2D eigenvalue weighted by Gasteiger charge is 2.45. The van der Waals surface area contributed by atoms with Crippen LogP contribution in [0.1, 0.15) is 27.7 Å². The van der Waals surface area contributed by atoms with Crippen LogP contribution in [-0.4, -0.2) is 25.2 Å². The maximum atomic E-state index is 12.4. The van der Waals surface area contributed by atoms with E-state index in [1.807, 2.05) is 6.92 Å². The van der Waals surface area contributed by atoms with E-state index in [1.54, 1.807) is 20.8 Å². The van der Waals surface area contributed by atoms with Gasteiger partial charge < -0.3 is 13.8 Å². The molecule has 0 aromatic carbocycles. The summed E-state index contributed by atoms with van der Waals surface area (Å²) < 4.78 is 28.3. The van der Waals surface area contributed by atoms with Gasteiger partial charge in [-0.1, -0.05) is 6.58 Å². The Labute approximate surface area is 92.1 Å². The van der Waals surface area contributed by atoms with Crippen LogP contribution in [0, 0.1) is 0 Å². The van der Waals surface area contributed by atoms with Crippen molar-refractivity contribution in [1.29, 1.82) is 0 Å². The van der Waals surface area contributed by atoms with Crippen LogP contribution >= 0.6 is 7.60 Å². The van der Waals surface area contributed by atoms with E-state index in [2.05, 4.69) is 6.58 Å². The minimum atomic E-state index is -3.30. The van der Waals surface area contributed by atoms with Crippen LogP contribution < -0.4 is 0 Å². The summed E-state index contributed by atoms with van der Waals surface area (Å²) in [5, 5.41) is -1.08. The molecular weight excluding hydrogens is 215 g/mol. The molecule has 0 saturated heterocycles. The summed E-state index contributed by atoms with van der Waals surface area (Å²) in [5.74, 6) is 0. The van der Waals surface area contributed by atoms with E-state index < -0.39 is 12.9 Å². The first kappa shape index (κ1) is 14.8. The lowest BCUT2D eigenvalue weighted by atomic mass is 10.4. The third kappa shape index (κ3) is 3.42. The average molecular weight is 236 g/mol. The summed E-state index contributed by atoms with van der Waals surface area (Å²) in [5.41, 5.74) is 0. The largest absolute Gasteiger partial charge is 0.365 e. The minimum Gasteiger partial charge on any atom is -0.359 e. The van der Waals surface area contributed by atoms with Gasteiger partial charge in [-0.05, 0) is 33.8 Å². The molecule has 0 aliphatic carbocycles. The molecule has 0 rings (SSSR count). The molecule has 0 aliphatic heterocycles. The lowest BCUT2D eigenvalue weighted by Crippen LogP contribution is -2.28. The number of rotatable bonds is 8. The van der Waals surface area contributed by atoms with Gasteiger partial charge in [0.15, 0.2) is 5.34 Å². The molecule has 0 aromatic heterocycles. The van der Waals surface area contributed by atoms with E-state index in [0.29, 0.717) is 19.8 Å². The van der Waals surface area contributed by atoms with E-state index >= 15 is 0 Å². The standard InChI is InChI=1S/C10H21O4P/c1-6-10(5,12-7-2)15(11,13-8-3)14-9-4/h6H,1,7-9H2,2-5H3. The zero-order valence-corrected chi connectivity index (χ0v) is 10.9. The van der Waals surface area contributed by atoms with Crippen LogP contribution in [0.15, 0.2) is 12.7 Å². The Balaban J connectivity index is 4.99. The van der Waals surface area contributed by atoms with Gasteiger partial charge in [0.05, 0.1) is 13.2 Å². The predicted octanol–water partition coefficient (Wildman–Crippen LogP) is 3.19. The second-order valence-electron chi connectivity index (χ2n) is 3.02. The molecule has 0 N–H and O–H groups in total. The summed E-state index contributed by atoms with van der Waals surface area (Å²) in [6.45, 7) is 11.7. The van der Waals surface area contributed by atoms with Gasteiger partial charge in [0.1, 0.15) is 0 Å². The fourth-order valence-corrected chi connectivity index (χ4v) is 2.95. The summed E-state index contributed by atoms with van der Waals surface area (Å²) in [6.07, 6.45) is 1.47. The molecule has 0 saturated carbocycles. The quantitative estimate of drug-likeness (QED) is 0.479. The summed E-state index contributed by atoms with van der Waals surface area (Å²) in [7, 11) is -3.30. The fourth-order valence-electron chi connectivity index (χ4n) is 1.18. The fraction of sp³-hybridized carbons (Fsp3) is 0.800. The maximum Gasteiger partial charge on any atom is 0.365 e. The average Bonchev–Trinajstić information content (AvgIpc) is 2.18. The van der Waals surface area contributed by atoms with Crippen molar-refractivity contribution in [3.63, 3.8) is 0 Å². The molecule has 1 atom stereocenters. The summed E-state index contributed by atoms with van der Waals surface area (Å²) in [6, 6.07) is 0. The molecule has 0 spiro atoms. The minimum absolute atomic E-state index is 0.313. The van der Waals surface area contributed by atoms with Crippen molar-refractivity contribution in [2.75, 3.05) is 19.8 Å². The smallest absolute Gasteiger partial charge is 0.359 e. The second-order valence-corrected chi connectivity index (χ2v) is 5.42.